The number of methoxy groups -OCH3 is 1. The number of rotatable bonds is 7. The molecule has 0 aromatic carbocycles. The van der Waals surface area contributed by atoms with Crippen molar-refractivity contribution in [1.82, 2.24) is 24.8 Å². The quantitative estimate of drug-likeness (QED) is 0.464. The lowest BCUT2D eigenvalue weighted by atomic mass is 10.0. The van der Waals surface area contributed by atoms with E-state index >= 15 is 0 Å². The lowest BCUT2D eigenvalue weighted by Crippen LogP contribution is -2.31. The Morgan fingerprint density at radius 1 is 1.13 bits per heavy atom. The van der Waals surface area contributed by atoms with Crippen LogP contribution in [0.3, 0.4) is 0 Å². The monoisotopic (exact) mass is 421 g/mol. The molecule has 4 heterocycles. The Hall–Kier alpha value is -3.26. The second-order valence-corrected chi connectivity index (χ2v) is 7.38. The summed E-state index contributed by atoms with van der Waals surface area (Å²) in [5, 5.41) is 4.08. The Balaban J connectivity index is 1.70. The molecule has 30 heavy (non-hydrogen) atoms. The standard InChI is InChI=1S/C22H23N5O2S/c1-29-19(28)11-7-15-27-21(20(25-22(27)30)16-8-2-4-12-23-16)17-9-6-14-26(17)18-10-3-5-13-24-18/h2-6,8-10,12-14,20-21H,7,11,15H2,1H3,(H,25,30)/t20-,21+/m1/s1. The zero-order chi connectivity index (χ0) is 20.9. The van der Waals surface area contributed by atoms with E-state index in [0.29, 0.717) is 24.5 Å². The molecule has 2 atom stereocenters. The average Bonchev–Trinajstić information content (AvgIpc) is 3.39. The van der Waals surface area contributed by atoms with Crippen LogP contribution in [0.4, 0.5) is 0 Å². The maximum Gasteiger partial charge on any atom is 0.305 e. The normalized spacial score (nSPS) is 18.3. The molecule has 0 amide bonds. The molecule has 1 aliphatic heterocycles. The molecule has 0 radical (unpaired) electrons. The van der Waals surface area contributed by atoms with Gasteiger partial charge >= 0.3 is 5.97 Å². The van der Waals surface area contributed by atoms with Gasteiger partial charge in [-0.1, -0.05) is 12.1 Å². The summed E-state index contributed by atoms with van der Waals surface area (Å²) >= 11 is 5.68. The first kappa shape index (κ1) is 20.0. The van der Waals surface area contributed by atoms with Crippen molar-refractivity contribution < 1.29 is 9.53 Å². The van der Waals surface area contributed by atoms with E-state index in [1.807, 2.05) is 48.7 Å². The molecular formula is C22H23N5O2S. The Morgan fingerprint density at radius 2 is 1.93 bits per heavy atom. The fourth-order valence-electron chi connectivity index (χ4n) is 3.80. The molecule has 0 aliphatic carbocycles. The van der Waals surface area contributed by atoms with E-state index in [9.17, 15) is 4.79 Å². The number of ether oxygens (including phenoxy) is 1. The molecule has 3 aromatic heterocycles. The van der Waals surface area contributed by atoms with Crippen molar-refractivity contribution in [1.29, 1.82) is 0 Å². The highest BCUT2D eigenvalue weighted by atomic mass is 32.1. The molecule has 0 spiro atoms. The van der Waals surface area contributed by atoms with Crippen LogP contribution in [-0.4, -0.2) is 44.2 Å². The third-order valence-corrected chi connectivity index (χ3v) is 5.54. The van der Waals surface area contributed by atoms with Gasteiger partial charge in [0.05, 0.1) is 24.9 Å². The maximum absolute atomic E-state index is 11.6. The lowest BCUT2D eigenvalue weighted by molar-refractivity contribution is -0.140. The summed E-state index contributed by atoms with van der Waals surface area (Å²) in [5.41, 5.74) is 1.96. The van der Waals surface area contributed by atoms with E-state index in [1.165, 1.54) is 7.11 Å². The Bertz CT molecular complexity index is 1010. The van der Waals surface area contributed by atoms with E-state index < -0.39 is 0 Å². The molecule has 3 aromatic rings. The molecule has 0 bridgehead atoms. The first-order chi connectivity index (χ1) is 14.7. The molecule has 1 saturated heterocycles. The van der Waals surface area contributed by atoms with Gasteiger partial charge in [-0.15, -0.1) is 0 Å². The predicted molar refractivity (Wildman–Crippen MR) is 117 cm³/mol. The third-order valence-electron chi connectivity index (χ3n) is 5.18. The van der Waals surface area contributed by atoms with Gasteiger partial charge in [0.15, 0.2) is 5.11 Å². The van der Waals surface area contributed by atoms with Crippen molar-refractivity contribution in [3.63, 3.8) is 0 Å². The number of hydrogen-bond acceptors (Lipinski definition) is 5. The molecule has 0 unspecified atom stereocenters. The zero-order valence-electron chi connectivity index (χ0n) is 16.6. The number of thiocarbonyl (C=S) groups is 1. The smallest absolute Gasteiger partial charge is 0.305 e. The largest absolute Gasteiger partial charge is 0.469 e. The van der Waals surface area contributed by atoms with Gasteiger partial charge in [0, 0.05) is 37.3 Å². The van der Waals surface area contributed by atoms with Crippen molar-refractivity contribution in [3.05, 3.63) is 78.5 Å². The van der Waals surface area contributed by atoms with Gasteiger partial charge in [0.2, 0.25) is 0 Å². The van der Waals surface area contributed by atoms with Crippen molar-refractivity contribution in [2.45, 2.75) is 24.9 Å². The van der Waals surface area contributed by atoms with E-state index in [4.69, 9.17) is 17.0 Å². The van der Waals surface area contributed by atoms with Gasteiger partial charge < -0.3 is 19.5 Å². The van der Waals surface area contributed by atoms with Crippen LogP contribution in [0.5, 0.6) is 0 Å². The van der Waals surface area contributed by atoms with E-state index in [1.54, 1.807) is 12.4 Å². The minimum absolute atomic E-state index is 0.0953. The zero-order valence-corrected chi connectivity index (χ0v) is 17.5. The van der Waals surface area contributed by atoms with Crippen LogP contribution >= 0.6 is 12.2 Å². The van der Waals surface area contributed by atoms with Gasteiger partial charge in [-0.3, -0.25) is 9.78 Å². The average molecular weight is 422 g/mol. The highest BCUT2D eigenvalue weighted by molar-refractivity contribution is 7.80. The van der Waals surface area contributed by atoms with Crippen LogP contribution in [0, 0.1) is 0 Å². The summed E-state index contributed by atoms with van der Waals surface area (Å²) in [6.07, 6.45) is 6.55. The van der Waals surface area contributed by atoms with Gasteiger partial charge in [-0.2, -0.15) is 0 Å². The van der Waals surface area contributed by atoms with Crippen molar-refractivity contribution in [2.24, 2.45) is 0 Å². The SMILES string of the molecule is COC(=O)CCCN1C(=S)N[C@H](c2ccccn2)[C@@H]1c1cccn1-c1ccccn1. The Kier molecular flexibility index (Phi) is 6.04. The highest BCUT2D eigenvalue weighted by Crippen LogP contribution is 2.39. The fourth-order valence-corrected chi connectivity index (χ4v) is 4.14. The number of aromatic nitrogens is 3. The van der Waals surface area contributed by atoms with Crippen LogP contribution in [-0.2, 0) is 9.53 Å². The minimum Gasteiger partial charge on any atom is -0.469 e. The number of nitrogens with zero attached hydrogens (tertiary/aromatic N) is 4. The van der Waals surface area contributed by atoms with Gasteiger partial charge in [-0.25, -0.2) is 4.98 Å². The van der Waals surface area contributed by atoms with Crippen molar-refractivity contribution >= 4 is 23.3 Å². The Labute approximate surface area is 180 Å². The second kappa shape index (κ2) is 9.04. The van der Waals surface area contributed by atoms with Crippen LogP contribution in [0.1, 0.15) is 36.3 Å². The van der Waals surface area contributed by atoms with E-state index in [-0.39, 0.29) is 18.1 Å². The molecule has 1 aliphatic rings. The van der Waals surface area contributed by atoms with Gasteiger partial charge in [0.25, 0.3) is 0 Å². The number of esters is 1. The molecular weight excluding hydrogens is 398 g/mol. The molecule has 0 saturated carbocycles. The van der Waals surface area contributed by atoms with Crippen LogP contribution < -0.4 is 5.32 Å². The van der Waals surface area contributed by atoms with Crippen LogP contribution in [0.2, 0.25) is 0 Å². The number of pyridine rings is 2. The Morgan fingerprint density at radius 3 is 2.63 bits per heavy atom. The molecule has 8 heteroatoms. The summed E-state index contributed by atoms with van der Waals surface area (Å²) in [7, 11) is 1.41. The molecule has 1 N–H and O–H groups in total. The topological polar surface area (TPSA) is 72.3 Å². The van der Waals surface area contributed by atoms with Crippen LogP contribution in [0.15, 0.2) is 67.1 Å². The van der Waals surface area contributed by atoms with Gasteiger partial charge in [-0.05, 0) is 55.0 Å². The molecule has 4 rings (SSSR count). The summed E-state index contributed by atoms with van der Waals surface area (Å²) in [5.74, 6) is 0.618. The lowest BCUT2D eigenvalue weighted by Gasteiger charge is -2.28. The highest BCUT2D eigenvalue weighted by Gasteiger charge is 2.41. The molecule has 1 fully saturated rings. The van der Waals surface area contributed by atoms with Gasteiger partial charge in [0.1, 0.15) is 5.82 Å². The first-order valence-electron chi connectivity index (χ1n) is 9.82. The van der Waals surface area contributed by atoms with E-state index in [2.05, 4.69) is 30.8 Å². The minimum atomic E-state index is -0.220. The third kappa shape index (κ3) is 4.04. The van der Waals surface area contributed by atoms with E-state index in [0.717, 1.165) is 17.2 Å². The number of carbonyl (C=O) groups is 1. The maximum atomic E-state index is 11.6. The summed E-state index contributed by atoms with van der Waals surface area (Å²) in [4.78, 5) is 22.8. The summed E-state index contributed by atoms with van der Waals surface area (Å²) < 4.78 is 6.85. The summed E-state index contributed by atoms with van der Waals surface area (Å²) in [6, 6.07) is 15.6. The second-order valence-electron chi connectivity index (χ2n) is 6.99. The fraction of sp³-hybridized carbons (Fsp3) is 0.273. The first-order valence-corrected chi connectivity index (χ1v) is 10.2. The predicted octanol–water partition coefficient (Wildman–Crippen LogP) is 3.19. The summed E-state index contributed by atoms with van der Waals surface area (Å²) in [6.45, 7) is 0.627. The van der Waals surface area contributed by atoms with Crippen molar-refractivity contribution in [2.75, 3.05) is 13.7 Å². The molecule has 7 nitrogen and oxygen atoms in total. The number of hydrogen-bond donors (Lipinski definition) is 1. The molecule has 154 valence electrons. The number of carbonyl (C=O) groups excluding carboxylic acids is 1. The van der Waals surface area contributed by atoms with Crippen molar-refractivity contribution in [3.8, 4) is 5.82 Å². The number of nitrogens with one attached hydrogen (secondary N) is 1. The van der Waals surface area contributed by atoms with Crippen LogP contribution in [0.25, 0.3) is 5.82 Å².